The van der Waals surface area contributed by atoms with Gasteiger partial charge >= 0.3 is 0 Å². The van der Waals surface area contributed by atoms with Gasteiger partial charge in [-0.2, -0.15) is 0 Å². The van der Waals surface area contributed by atoms with Gasteiger partial charge in [-0.1, -0.05) is 0 Å². The summed E-state index contributed by atoms with van der Waals surface area (Å²) in [5.74, 6) is 0.566. The van der Waals surface area contributed by atoms with E-state index in [2.05, 4.69) is 20.7 Å². The molecule has 0 aromatic heterocycles. The molecular weight excluding hydrogens is 432 g/mol. The molecule has 0 radical (unpaired) electrons. The predicted octanol–water partition coefficient (Wildman–Crippen LogP) is 3.95. The molecule has 0 fully saturated rings. The predicted molar refractivity (Wildman–Crippen MR) is 109 cm³/mol. The van der Waals surface area contributed by atoms with Gasteiger partial charge in [0.15, 0.2) is 0 Å². The summed E-state index contributed by atoms with van der Waals surface area (Å²) in [5.41, 5.74) is 2.03. The highest BCUT2D eigenvalue weighted by molar-refractivity contribution is 9.10. The Hall–Kier alpha value is -2.06. The second-order valence-electron chi connectivity index (χ2n) is 6.42. The number of nitrogens with one attached hydrogen (secondary N) is 1. The van der Waals surface area contributed by atoms with E-state index < -0.39 is 10.0 Å². The third-order valence-electron chi connectivity index (χ3n) is 4.40. The lowest BCUT2D eigenvalue weighted by molar-refractivity contribution is -0.116. The van der Waals surface area contributed by atoms with Gasteiger partial charge in [0.05, 0.1) is 6.61 Å². The van der Waals surface area contributed by atoms with Crippen molar-refractivity contribution >= 4 is 43.2 Å². The van der Waals surface area contributed by atoms with Gasteiger partial charge in [0.1, 0.15) is 10.6 Å². The SMILES string of the molecule is CCOc1ccc(NS(=O)(=O)c2cc3c(cc2Br)C[C@H](C)N3C(C)=O)cc1. The lowest BCUT2D eigenvalue weighted by Crippen LogP contribution is -2.33. The van der Waals surface area contributed by atoms with Gasteiger partial charge in [-0.25, -0.2) is 8.42 Å². The molecular formula is C19H21BrN2O4S. The van der Waals surface area contributed by atoms with Crippen molar-refractivity contribution in [3.8, 4) is 5.75 Å². The van der Waals surface area contributed by atoms with Gasteiger partial charge in [0.25, 0.3) is 10.0 Å². The molecule has 0 saturated carbocycles. The van der Waals surface area contributed by atoms with Crippen molar-refractivity contribution < 1.29 is 17.9 Å². The first kappa shape index (κ1) is 19.7. The summed E-state index contributed by atoms with van der Waals surface area (Å²) in [7, 11) is -3.83. The molecule has 1 heterocycles. The van der Waals surface area contributed by atoms with Crippen LogP contribution < -0.4 is 14.4 Å². The maximum absolute atomic E-state index is 12.9. The van der Waals surface area contributed by atoms with E-state index in [9.17, 15) is 13.2 Å². The molecule has 1 amide bonds. The molecule has 6 nitrogen and oxygen atoms in total. The van der Waals surface area contributed by atoms with Crippen LogP contribution in [0.5, 0.6) is 5.75 Å². The van der Waals surface area contributed by atoms with E-state index in [0.717, 1.165) is 5.56 Å². The van der Waals surface area contributed by atoms with Crippen molar-refractivity contribution in [2.45, 2.75) is 38.1 Å². The minimum absolute atomic E-state index is 0.00132. The summed E-state index contributed by atoms with van der Waals surface area (Å²) in [6, 6.07) is 10.0. The van der Waals surface area contributed by atoms with Gasteiger partial charge in [0.2, 0.25) is 5.91 Å². The van der Waals surface area contributed by atoms with E-state index in [-0.39, 0.29) is 16.8 Å². The highest BCUT2D eigenvalue weighted by Crippen LogP contribution is 2.38. The van der Waals surface area contributed by atoms with Crippen molar-refractivity contribution in [2.24, 2.45) is 0 Å². The molecule has 2 aromatic rings. The van der Waals surface area contributed by atoms with Crippen molar-refractivity contribution in [1.29, 1.82) is 0 Å². The largest absolute Gasteiger partial charge is 0.494 e. The average molecular weight is 453 g/mol. The van der Waals surface area contributed by atoms with Crippen LogP contribution in [0.3, 0.4) is 0 Å². The Morgan fingerprint density at radius 2 is 1.96 bits per heavy atom. The Morgan fingerprint density at radius 3 is 2.56 bits per heavy atom. The second-order valence-corrected chi connectivity index (χ2v) is 8.92. The summed E-state index contributed by atoms with van der Waals surface area (Å²) in [6.45, 7) is 5.85. The monoisotopic (exact) mass is 452 g/mol. The van der Waals surface area contributed by atoms with Crippen LogP contribution in [-0.2, 0) is 21.2 Å². The smallest absolute Gasteiger partial charge is 0.263 e. The van der Waals surface area contributed by atoms with E-state index in [1.54, 1.807) is 41.3 Å². The Balaban J connectivity index is 1.94. The molecule has 0 bridgehead atoms. The minimum atomic E-state index is -3.83. The number of hydrogen-bond acceptors (Lipinski definition) is 4. The van der Waals surface area contributed by atoms with Gasteiger partial charge in [-0.3, -0.25) is 9.52 Å². The molecule has 27 heavy (non-hydrogen) atoms. The van der Waals surface area contributed by atoms with Crippen LogP contribution in [0.1, 0.15) is 26.3 Å². The molecule has 1 aliphatic heterocycles. The second kappa shape index (κ2) is 7.52. The Morgan fingerprint density at radius 1 is 1.30 bits per heavy atom. The number of rotatable bonds is 5. The van der Waals surface area contributed by atoms with Crippen molar-refractivity contribution in [3.63, 3.8) is 0 Å². The first-order chi connectivity index (χ1) is 12.7. The number of halogens is 1. The maximum atomic E-state index is 12.9. The molecule has 0 unspecified atom stereocenters. The van der Waals surface area contributed by atoms with Crippen molar-refractivity contribution in [1.82, 2.24) is 0 Å². The van der Waals surface area contributed by atoms with E-state index in [0.29, 0.717) is 34.6 Å². The fourth-order valence-corrected chi connectivity index (χ4v) is 5.47. The van der Waals surface area contributed by atoms with Crippen molar-refractivity contribution in [3.05, 3.63) is 46.4 Å². The van der Waals surface area contributed by atoms with Crippen LogP contribution in [0, 0.1) is 0 Å². The molecule has 0 aliphatic carbocycles. The molecule has 1 N–H and O–H groups in total. The molecule has 8 heteroatoms. The molecule has 1 aliphatic rings. The van der Waals surface area contributed by atoms with E-state index in [4.69, 9.17) is 4.74 Å². The van der Waals surface area contributed by atoms with Crippen LogP contribution in [-0.4, -0.2) is 27.0 Å². The zero-order chi connectivity index (χ0) is 19.8. The number of sulfonamides is 1. The zero-order valence-corrected chi connectivity index (χ0v) is 17.7. The number of anilines is 2. The number of amides is 1. The standard InChI is InChI=1S/C19H21BrN2O4S/c1-4-26-16-7-5-15(6-8-16)21-27(24,25)19-11-18-14(10-17(19)20)9-12(2)22(18)13(3)23/h5-8,10-12,21H,4,9H2,1-3H3/t12-/m0/s1. The average Bonchev–Trinajstić information content (AvgIpc) is 2.90. The fourth-order valence-electron chi connectivity index (χ4n) is 3.30. The van der Waals surface area contributed by atoms with Crippen LogP contribution in [0.4, 0.5) is 11.4 Å². The first-order valence-electron chi connectivity index (χ1n) is 8.61. The van der Waals surface area contributed by atoms with Crippen LogP contribution in [0.15, 0.2) is 45.8 Å². The van der Waals surface area contributed by atoms with Crippen LogP contribution in [0.2, 0.25) is 0 Å². The van der Waals surface area contributed by atoms with Gasteiger partial charge < -0.3 is 9.64 Å². The van der Waals surface area contributed by atoms with Crippen molar-refractivity contribution in [2.75, 3.05) is 16.2 Å². The van der Waals surface area contributed by atoms with Gasteiger partial charge in [-0.05, 0) is 78.2 Å². The maximum Gasteiger partial charge on any atom is 0.263 e. The number of fused-ring (bicyclic) bond motifs is 1. The third-order valence-corrected chi connectivity index (χ3v) is 6.73. The molecule has 0 spiro atoms. The molecule has 144 valence electrons. The van der Waals surface area contributed by atoms with Crippen LogP contribution in [0.25, 0.3) is 0 Å². The van der Waals surface area contributed by atoms with E-state index >= 15 is 0 Å². The number of hydrogen-bond donors (Lipinski definition) is 1. The molecule has 1 atom stereocenters. The number of carbonyl (C=O) groups excluding carboxylic acids is 1. The van der Waals surface area contributed by atoms with E-state index in [1.807, 2.05) is 13.8 Å². The quantitative estimate of drug-likeness (QED) is 0.744. The minimum Gasteiger partial charge on any atom is -0.494 e. The number of carbonyl (C=O) groups is 1. The van der Waals surface area contributed by atoms with Crippen LogP contribution >= 0.6 is 15.9 Å². The molecule has 0 saturated heterocycles. The summed E-state index contributed by atoms with van der Waals surface area (Å²) in [5, 5.41) is 0. The third kappa shape index (κ3) is 3.96. The number of nitrogens with zero attached hydrogens (tertiary/aromatic N) is 1. The Labute approximate surface area is 167 Å². The highest BCUT2D eigenvalue weighted by atomic mass is 79.9. The summed E-state index contributed by atoms with van der Waals surface area (Å²) in [4.78, 5) is 13.7. The highest BCUT2D eigenvalue weighted by Gasteiger charge is 2.32. The van der Waals surface area contributed by atoms with Gasteiger partial charge in [0, 0.05) is 28.8 Å². The zero-order valence-electron chi connectivity index (χ0n) is 15.3. The Kier molecular flexibility index (Phi) is 5.48. The fraction of sp³-hybridized carbons (Fsp3) is 0.316. The number of benzene rings is 2. The normalized spacial score (nSPS) is 16.1. The lowest BCUT2D eigenvalue weighted by Gasteiger charge is -2.21. The van der Waals surface area contributed by atoms with Gasteiger partial charge in [-0.15, -0.1) is 0 Å². The topological polar surface area (TPSA) is 75.7 Å². The molecule has 2 aromatic carbocycles. The number of ether oxygens (including phenoxy) is 1. The summed E-state index contributed by atoms with van der Waals surface area (Å²) >= 11 is 3.37. The summed E-state index contributed by atoms with van der Waals surface area (Å²) < 4.78 is 34.2. The lowest BCUT2D eigenvalue weighted by atomic mass is 10.1. The molecule has 3 rings (SSSR count). The Bertz CT molecular complexity index is 974. The van der Waals surface area contributed by atoms with E-state index in [1.165, 1.54) is 6.92 Å². The first-order valence-corrected chi connectivity index (χ1v) is 10.9. The summed E-state index contributed by atoms with van der Waals surface area (Å²) in [6.07, 6.45) is 0.695.